The number of benzene rings is 2. The minimum atomic E-state index is -0.290. The molecular formula is C16H17ClN2O2. The number of ether oxygens (including phenoxy) is 1. The number of nitrogens with two attached hydrogens (primary N) is 1. The molecule has 0 aliphatic heterocycles. The fourth-order valence-corrected chi connectivity index (χ4v) is 2.29. The van der Waals surface area contributed by atoms with Crippen LogP contribution in [0.1, 0.15) is 28.9 Å². The number of carbonyl (C=O) groups excluding carboxylic acids is 1. The predicted octanol–water partition coefficient (Wildman–Crippen LogP) is 3.42. The third-order valence-electron chi connectivity index (χ3n) is 3.24. The van der Waals surface area contributed by atoms with Crippen LogP contribution in [0.25, 0.3) is 0 Å². The van der Waals surface area contributed by atoms with Crippen molar-refractivity contribution in [3.8, 4) is 5.75 Å². The van der Waals surface area contributed by atoms with Crippen LogP contribution in [0.2, 0.25) is 5.02 Å². The molecule has 0 spiro atoms. The molecule has 1 atom stereocenters. The second-order valence-electron chi connectivity index (χ2n) is 4.67. The summed E-state index contributed by atoms with van der Waals surface area (Å²) in [5.74, 6) is 0.481. The minimum Gasteiger partial charge on any atom is -0.497 e. The third kappa shape index (κ3) is 3.47. The highest BCUT2D eigenvalue weighted by Gasteiger charge is 2.16. The Morgan fingerprint density at radius 1 is 1.24 bits per heavy atom. The maximum Gasteiger partial charge on any atom is 0.255 e. The van der Waals surface area contributed by atoms with Crippen molar-refractivity contribution in [3.63, 3.8) is 0 Å². The van der Waals surface area contributed by atoms with Crippen LogP contribution in [0.15, 0.2) is 42.5 Å². The smallest absolute Gasteiger partial charge is 0.255 e. The first kappa shape index (κ1) is 15.2. The number of nitrogens with one attached hydrogen (secondary N) is 1. The van der Waals surface area contributed by atoms with Gasteiger partial charge in [0, 0.05) is 5.69 Å². The number of halogens is 1. The number of hydrogen-bond acceptors (Lipinski definition) is 3. The largest absolute Gasteiger partial charge is 0.497 e. The van der Waals surface area contributed by atoms with Crippen molar-refractivity contribution in [2.75, 3.05) is 12.8 Å². The maximum atomic E-state index is 12.3. The van der Waals surface area contributed by atoms with Crippen molar-refractivity contribution in [3.05, 3.63) is 58.6 Å². The molecule has 2 aromatic carbocycles. The number of carbonyl (C=O) groups is 1. The zero-order chi connectivity index (χ0) is 15.4. The van der Waals surface area contributed by atoms with Crippen LogP contribution in [0.3, 0.4) is 0 Å². The van der Waals surface area contributed by atoms with Gasteiger partial charge < -0.3 is 15.8 Å². The Bertz CT molecular complexity index is 621. The van der Waals surface area contributed by atoms with E-state index in [1.807, 2.05) is 31.2 Å². The Balaban J connectivity index is 2.15. The number of nitrogen functional groups attached to an aromatic ring is 1. The van der Waals surface area contributed by atoms with Crippen molar-refractivity contribution in [1.82, 2.24) is 5.32 Å². The number of methoxy groups -OCH3 is 1. The third-order valence-corrected chi connectivity index (χ3v) is 3.55. The summed E-state index contributed by atoms with van der Waals surface area (Å²) in [7, 11) is 1.61. The molecule has 0 aliphatic carbocycles. The zero-order valence-corrected chi connectivity index (χ0v) is 12.6. The van der Waals surface area contributed by atoms with Crippen molar-refractivity contribution in [2.24, 2.45) is 0 Å². The van der Waals surface area contributed by atoms with E-state index in [1.165, 1.54) is 0 Å². The van der Waals surface area contributed by atoms with E-state index in [2.05, 4.69) is 5.32 Å². The second-order valence-corrected chi connectivity index (χ2v) is 5.08. The Hall–Kier alpha value is -2.20. The highest BCUT2D eigenvalue weighted by Crippen LogP contribution is 2.23. The van der Waals surface area contributed by atoms with Gasteiger partial charge in [-0.2, -0.15) is 0 Å². The average Bonchev–Trinajstić information content (AvgIpc) is 2.47. The summed E-state index contributed by atoms with van der Waals surface area (Å²) in [4.78, 5) is 12.3. The molecule has 3 N–H and O–H groups in total. The van der Waals surface area contributed by atoms with E-state index in [4.69, 9.17) is 22.1 Å². The zero-order valence-electron chi connectivity index (χ0n) is 11.9. The molecule has 110 valence electrons. The van der Waals surface area contributed by atoms with Crippen LogP contribution in [-0.4, -0.2) is 13.0 Å². The highest BCUT2D eigenvalue weighted by molar-refractivity contribution is 6.34. The van der Waals surface area contributed by atoms with Gasteiger partial charge >= 0.3 is 0 Å². The molecular weight excluding hydrogens is 288 g/mol. The normalized spacial score (nSPS) is 11.8. The molecule has 5 heteroatoms. The first-order chi connectivity index (χ1) is 10.0. The van der Waals surface area contributed by atoms with Gasteiger partial charge in [-0.25, -0.2) is 0 Å². The average molecular weight is 305 g/mol. The number of anilines is 1. The molecule has 0 saturated heterocycles. The van der Waals surface area contributed by atoms with Crippen LogP contribution in [0.5, 0.6) is 5.75 Å². The number of rotatable bonds is 4. The van der Waals surface area contributed by atoms with Crippen molar-refractivity contribution in [2.45, 2.75) is 13.0 Å². The maximum absolute atomic E-state index is 12.3. The molecule has 0 fully saturated rings. The Kier molecular flexibility index (Phi) is 4.70. The summed E-state index contributed by atoms with van der Waals surface area (Å²) in [6.45, 7) is 1.90. The summed E-state index contributed by atoms with van der Waals surface area (Å²) in [6.07, 6.45) is 0. The topological polar surface area (TPSA) is 64.3 Å². The quantitative estimate of drug-likeness (QED) is 0.851. The molecule has 1 amide bonds. The van der Waals surface area contributed by atoms with Crippen LogP contribution in [0.4, 0.5) is 5.69 Å². The summed E-state index contributed by atoms with van der Waals surface area (Å²) >= 11 is 6.04. The van der Waals surface area contributed by atoms with Gasteiger partial charge in [0.1, 0.15) is 5.75 Å². The van der Waals surface area contributed by atoms with Gasteiger partial charge in [-0.1, -0.05) is 29.8 Å². The molecule has 0 saturated carbocycles. The lowest BCUT2D eigenvalue weighted by molar-refractivity contribution is 0.0941. The van der Waals surface area contributed by atoms with Gasteiger partial charge in [0.15, 0.2) is 0 Å². The van der Waals surface area contributed by atoms with Gasteiger partial charge in [0.2, 0.25) is 0 Å². The Labute approximate surface area is 128 Å². The molecule has 0 heterocycles. The lowest BCUT2D eigenvalue weighted by atomic mass is 10.1. The van der Waals surface area contributed by atoms with Crippen molar-refractivity contribution >= 4 is 23.2 Å². The van der Waals surface area contributed by atoms with Gasteiger partial charge in [0.25, 0.3) is 5.91 Å². The molecule has 0 aromatic heterocycles. The SMILES string of the molecule is COc1ccc(C(C)NC(=O)c2c(N)cccc2Cl)cc1. The van der Waals surface area contributed by atoms with E-state index in [0.29, 0.717) is 16.3 Å². The predicted molar refractivity (Wildman–Crippen MR) is 84.7 cm³/mol. The molecule has 4 nitrogen and oxygen atoms in total. The molecule has 2 rings (SSSR count). The number of amides is 1. The second kappa shape index (κ2) is 6.50. The fraction of sp³-hybridized carbons (Fsp3) is 0.188. The van der Waals surface area contributed by atoms with E-state index < -0.39 is 0 Å². The number of hydrogen-bond donors (Lipinski definition) is 2. The standard InChI is InChI=1S/C16H17ClN2O2/c1-10(11-6-8-12(21-2)9-7-11)19-16(20)15-13(17)4-3-5-14(15)18/h3-10H,18H2,1-2H3,(H,19,20). The molecule has 0 bridgehead atoms. The Morgan fingerprint density at radius 2 is 1.90 bits per heavy atom. The van der Waals surface area contributed by atoms with E-state index in [-0.39, 0.29) is 11.9 Å². The minimum absolute atomic E-state index is 0.168. The summed E-state index contributed by atoms with van der Waals surface area (Å²) < 4.78 is 5.11. The highest BCUT2D eigenvalue weighted by atomic mass is 35.5. The van der Waals surface area contributed by atoms with E-state index >= 15 is 0 Å². The summed E-state index contributed by atoms with van der Waals surface area (Å²) in [5, 5.41) is 3.23. The monoisotopic (exact) mass is 304 g/mol. The molecule has 21 heavy (non-hydrogen) atoms. The lowest BCUT2D eigenvalue weighted by Crippen LogP contribution is -2.27. The molecule has 0 aliphatic rings. The molecule has 0 radical (unpaired) electrons. The summed E-state index contributed by atoms with van der Waals surface area (Å²) in [5.41, 5.74) is 7.45. The molecule has 1 unspecified atom stereocenters. The lowest BCUT2D eigenvalue weighted by Gasteiger charge is -2.16. The van der Waals surface area contributed by atoms with Crippen LogP contribution < -0.4 is 15.8 Å². The fourth-order valence-electron chi connectivity index (χ4n) is 2.03. The first-order valence-electron chi connectivity index (χ1n) is 6.51. The van der Waals surface area contributed by atoms with E-state index in [0.717, 1.165) is 11.3 Å². The first-order valence-corrected chi connectivity index (χ1v) is 6.89. The van der Waals surface area contributed by atoms with Gasteiger partial charge in [-0.3, -0.25) is 4.79 Å². The van der Waals surface area contributed by atoms with Crippen LogP contribution in [-0.2, 0) is 0 Å². The van der Waals surface area contributed by atoms with Crippen LogP contribution >= 0.6 is 11.6 Å². The van der Waals surface area contributed by atoms with Crippen LogP contribution in [0, 0.1) is 0 Å². The van der Waals surface area contributed by atoms with Crippen molar-refractivity contribution < 1.29 is 9.53 Å². The van der Waals surface area contributed by atoms with Gasteiger partial charge in [-0.15, -0.1) is 0 Å². The summed E-state index contributed by atoms with van der Waals surface area (Å²) in [6, 6.07) is 12.3. The van der Waals surface area contributed by atoms with E-state index in [9.17, 15) is 4.79 Å². The van der Waals surface area contributed by atoms with Gasteiger partial charge in [0.05, 0.1) is 23.7 Å². The molecule has 2 aromatic rings. The van der Waals surface area contributed by atoms with Gasteiger partial charge in [-0.05, 0) is 36.8 Å². The Morgan fingerprint density at radius 3 is 2.48 bits per heavy atom. The van der Waals surface area contributed by atoms with Crippen molar-refractivity contribution in [1.29, 1.82) is 0 Å². The van der Waals surface area contributed by atoms with E-state index in [1.54, 1.807) is 25.3 Å².